The molecule has 0 fully saturated rings. The molecule has 200 valence electrons. The molecule has 0 radical (unpaired) electrons. The normalized spacial score (nSPS) is 17.8. The van der Waals surface area contributed by atoms with E-state index in [0.29, 0.717) is 19.0 Å². The summed E-state index contributed by atoms with van der Waals surface area (Å²) in [5.41, 5.74) is 4.20. The quantitative estimate of drug-likeness (QED) is 0.215. The van der Waals surface area contributed by atoms with E-state index in [4.69, 9.17) is 24.0 Å². The molecular formula is C31H35BrN2O4. The van der Waals surface area contributed by atoms with Crippen molar-refractivity contribution in [3.63, 3.8) is 0 Å². The van der Waals surface area contributed by atoms with Crippen molar-refractivity contribution in [2.24, 2.45) is 5.10 Å². The van der Waals surface area contributed by atoms with Crippen LogP contribution < -0.4 is 18.9 Å². The van der Waals surface area contributed by atoms with Gasteiger partial charge in [-0.05, 0) is 79.6 Å². The van der Waals surface area contributed by atoms with Gasteiger partial charge in [0.05, 0.1) is 32.1 Å². The Labute approximate surface area is 233 Å². The molecule has 3 aromatic rings. The average Bonchev–Trinajstić information content (AvgIpc) is 3.39. The predicted octanol–water partition coefficient (Wildman–Crippen LogP) is 8.06. The molecule has 0 spiro atoms. The number of methoxy groups -OCH3 is 1. The molecule has 5 rings (SSSR count). The van der Waals surface area contributed by atoms with Gasteiger partial charge in [0.1, 0.15) is 11.5 Å². The van der Waals surface area contributed by atoms with Crippen LogP contribution in [-0.4, -0.2) is 31.0 Å². The molecule has 0 aromatic heterocycles. The number of ether oxygens (including phenoxy) is 4. The second-order valence-corrected chi connectivity index (χ2v) is 10.5. The van der Waals surface area contributed by atoms with Gasteiger partial charge in [-0.3, -0.25) is 0 Å². The Kier molecular flexibility index (Phi) is 8.42. The number of unbranched alkanes of at least 4 members (excludes halogenated alkanes) is 3. The highest BCUT2D eigenvalue weighted by Gasteiger charge is 2.41. The highest BCUT2D eigenvalue weighted by atomic mass is 79.9. The molecule has 0 aliphatic carbocycles. The molecule has 2 atom stereocenters. The summed E-state index contributed by atoms with van der Waals surface area (Å²) in [6.07, 6.45) is 5.05. The zero-order chi connectivity index (χ0) is 26.5. The Bertz CT molecular complexity index is 1280. The van der Waals surface area contributed by atoms with Gasteiger partial charge in [0.25, 0.3) is 0 Å². The van der Waals surface area contributed by atoms with Gasteiger partial charge in [-0.2, -0.15) is 5.10 Å². The molecule has 7 heteroatoms. The van der Waals surface area contributed by atoms with E-state index >= 15 is 0 Å². The zero-order valence-electron chi connectivity index (χ0n) is 22.3. The van der Waals surface area contributed by atoms with Crippen molar-refractivity contribution in [1.29, 1.82) is 0 Å². The van der Waals surface area contributed by atoms with Gasteiger partial charge in [-0.1, -0.05) is 42.1 Å². The minimum atomic E-state index is -0.388. The van der Waals surface area contributed by atoms with E-state index in [-0.39, 0.29) is 12.3 Å². The summed E-state index contributed by atoms with van der Waals surface area (Å²) >= 11 is 3.64. The standard InChI is InChI=1S/C31H35BrN2O4/c1-4-6-7-8-17-37-29-15-11-22(18-30(29)35-3)31-34-27(25-19-23(32)12-16-28(25)38-31)20-26(33-34)21-9-13-24(14-10-21)36-5-2/h9-16,18-19,27,31H,4-8,17,20H2,1-3H3/t27-,31-/m0/s1. The first kappa shape index (κ1) is 26.4. The van der Waals surface area contributed by atoms with Gasteiger partial charge in [0, 0.05) is 22.0 Å². The lowest BCUT2D eigenvalue weighted by atomic mass is 9.96. The third kappa shape index (κ3) is 5.63. The Morgan fingerprint density at radius 1 is 0.947 bits per heavy atom. The molecule has 3 aromatic carbocycles. The number of halogens is 1. The van der Waals surface area contributed by atoms with Crippen LogP contribution in [0.5, 0.6) is 23.0 Å². The fraction of sp³-hybridized carbons (Fsp3) is 0.387. The van der Waals surface area contributed by atoms with Gasteiger partial charge >= 0.3 is 0 Å². The number of hydrazone groups is 1. The maximum Gasteiger partial charge on any atom is 0.214 e. The van der Waals surface area contributed by atoms with Crippen molar-refractivity contribution in [3.8, 4) is 23.0 Å². The Balaban J connectivity index is 1.44. The lowest BCUT2D eigenvalue weighted by Gasteiger charge is -2.38. The number of hydrogen-bond acceptors (Lipinski definition) is 6. The van der Waals surface area contributed by atoms with E-state index in [1.807, 2.05) is 43.3 Å². The largest absolute Gasteiger partial charge is 0.494 e. The maximum atomic E-state index is 6.57. The number of nitrogens with zero attached hydrogens (tertiary/aromatic N) is 2. The van der Waals surface area contributed by atoms with Crippen LogP contribution in [0.25, 0.3) is 0 Å². The molecule has 2 aliphatic rings. The molecule has 0 saturated carbocycles. The molecular weight excluding hydrogens is 544 g/mol. The van der Waals surface area contributed by atoms with Crippen LogP contribution in [0.15, 0.2) is 70.2 Å². The summed E-state index contributed by atoms with van der Waals surface area (Å²) in [5, 5.41) is 7.18. The van der Waals surface area contributed by atoms with Gasteiger partial charge in [-0.15, -0.1) is 0 Å². The maximum absolute atomic E-state index is 6.57. The summed E-state index contributed by atoms with van der Waals surface area (Å²) in [4.78, 5) is 0. The van der Waals surface area contributed by atoms with Crippen molar-refractivity contribution in [2.75, 3.05) is 20.3 Å². The molecule has 6 nitrogen and oxygen atoms in total. The van der Waals surface area contributed by atoms with Crippen molar-refractivity contribution >= 4 is 21.6 Å². The fourth-order valence-corrected chi connectivity index (χ4v) is 5.41. The number of hydrogen-bond donors (Lipinski definition) is 0. The van der Waals surface area contributed by atoms with Crippen molar-refractivity contribution < 1.29 is 18.9 Å². The molecule has 0 bridgehead atoms. The third-order valence-electron chi connectivity index (χ3n) is 6.98. The first-order valence-electron chi connectivity index (χ1n) is 13.5. The van der Waals surface area contributed by atoms with E-state index in [1.165, 1.54) is 19.3 Å². The van der Waals surface area contributed by atoms with Crippen LogP contribution in [0.4, 0.5) is 0 Å². The summed E-state index contributed by atoms with van der Waals surface area (Å²) < 4.78 is 25.0. The molecule has 0 saturated heterocycles. The molecule has 0 amide bonds. The van der Waals surface area contributed by atoms with Crippen LogP contribution in [0.2, 0.25) is 0 Å². The minimum absolute atomic E-state index is 0.0586. The number of benzene rings is 3. The molecule has 38 heavy (non-hydrogen) atoms. The van der Waals surface area contributed by atoms with Gasteiger partial charge in [0.2, 0.25) is 6.23 Å². The Hall–Kier alpha value is -3.19. The van der Waals surface area contributed by atoms with Crippen LogP contribution in [0.3, 0.4) is 0 Å². The smallest absolute Gasteiger partial charge is 0.214 e. The second kappa shape index (κ2) is 12.1. The van der Waals surface area contributed by atoms with Crippen molar-refractivity contribution in [1.82, 2.24) is 5.01 Å². The van der Waals surface area contributed by atoms with Crippen LogP contribution in [0.1, 0.15) is 74.9 Å². The number of rotatable bonds is 11. The summed E-state index contributed by atoms with van der Waals surface area (Å²) in [6.45, 7) is 5.53. The molecule has 2 aliphatic heterocycles. The SMILES string of the molecule is CCCCCCOc1ccc([C@@H]2Oc3ccc(Br)cc3[C@@H]3CC(c4ccc(OCC)cc4)=NN32)cc1OC. The first-order valence-corrected chi connectivity index (χ1v) is 14.3. The summed E-state index contributed by atoms with van der Waals surface area (Å²) in [6, 6.07) is 20.5. The summed E-state index contributed by atoms with van der Waals surface area (Å²) in [5.74, 6) is 3.19. The Morgan fingerprint density at radius 3 is 2.55 bits per heavy atom. The zero-order valence-corrected chi connectivity index (χ0v) is 23.9. The van der Waals surface area contributed by atoms with Crippen LogP contribution >= 0.6 is 15.9 Å². The average molecular weight is 580 g/mol. The molecule has 2 heterocycles. The minimum Gasteiger partial charge on any atom is -0.494 e. The highest BCUT2D eigenvalue weighted by molar-refractivity contribution is 9.10. The first-order chi connectivity index (χ1) is 18.6. The predicted molar refractivity (Wildman–Crippen MR) is 153 cm³/mol. The van der Waals surface area contributed by atoms with Gasteiger partial charge in [0.15, 0.2) is 11.5 Å². The second-order valence-electron chi connectivity index (χ2n) is 9.58. The van der Waals surface area contributed by atoms with E-state index in [2.05, 4.69) is 52.1 Å². The van der Waals surface area contributed by atoms with Crippen molar-refractivity contribution in [2.45, 2.75) is 58.2 Å². The molecule has 0 N–H and O–H groups in total. The number of fused-ring (bicyclic) bond motifs is 3. The highest BCUT2D eigenvalue weighted by Crippen LogP contribution is 2.49. The van der Waals surface area contributed by atoms with Crippen molar-refractivity contribution in [3.05, 3.63) is 81.8 Å². The van der Waals surface area contributed by atoms with E-state index < -0.39 is 0 Å². The third-order valence-corrected chi connectivity index (χ3v) is 7.47. The lowest BCUT2D eigenvalue weighted by Crippen LogP contribution is -2.33. The van der Waals surface area contributed by atoms with E-state index in [0.717, 1.165) is 57.0 Å². The van der Waals surface area contributed by atoms with E-state index in [1.54, 1.807) is 7.11 Å². The molecule has 0 unspecified atom stereocenters. The monoisotopic (exact) mass is 578 g/mol. The van der Waals surface area contributed by atoms with Crippen LogP contribution in [-0.2, 0) is 0 Å². The van der Waals surface area contributed by atoms with E-state index in [9.17, 15) is 0 Å². The topological polar surface area (TPSA) is 52.5 Å². The summed E-state index contributed by atoms with van der Waals surface area (Å²) in [7, 11) is 1.68. The van der Waals surface area contributed by atoms with Crippen LogP contribution in [0, 0.1) is 0 Å². The van der Waals surface area contributed by atoms with Gasteiger partial charge < -0.3 is 18.9 Å². The fourth-order valence-electron chi connectivity index (χ4n) is 5.03. The lowest BCUT2D eigenvalue weighted by molar-refractivity contribution is -0.0192. The van der Waals surface area contributed by atoms with Gasteiger partial charge in [-0.25, -0.2) is 5.01 Å². The Morgan fingerprint density at radius 2 is 1.79 bits per heavy atom.